The van der Waals surface area contributed by atoms with Crippen molar-refractivity contribution in [3.63, 3.8) is 0 Å². The lowest BCUT2D eigenvalue weighted by Crippen LogP contribution is -2.25. The molecule has 0 aromatic heterocycles. The second-order valence-corrected chi connectivity index (χ2v) is 3.49. The van der Waals surface area contributed by atoms with Crippen LogP contribution in [0.25, 0.3) is 0 Å². The van der Waals surface area contributed by atoms with Gasteiger partial charge < -0.3 is 4.74 Å². The minimum Gasteiger partial charge on any atom is -0.374 e. The molecular weight excluding hydrogens is 124 g/mol. The van der Waals surface area contributed by atoms with Crippen LogP contribution < -0.4 is 0 Å². The molecule has 1 aliphatic carbocycles. The van der Waals surface area contributed by atoms with Crippen molar-refractivity contribution < 1.29 is 4.74 Å². The van der Waals surface area contributed by atoms with E-state index in [9.17, 15) is 0 Å². The fraction of sp³-hybridized carbons (Fsp3) is 0.778. The van der Waals surface area contributed by atoms with Crippen LogP contribution in [0.2, 0.25) is 0 Å². The van der Waals surface area contributed by atoms with Crippen molar-refractivity contribution in [1.29, 1.82) is 0 Å². The Morgan fingerprint density at radius 1 is 1.40 bits per heavy atom. The van der Waals surface area contributed by atoms with E-state index in [1.54, 1.807) is 0 Å². The first-order valence-corrected chi connectivity index (χ1v) is 4.14. The number of ether oxygens (including phenoxy) is 1. The molecule has 1 heteroatoms. The summed E-state index contributed by atoms with van der Waals surface area (Å²) in [6.45, 7) is 4.77. The highest BCUT2D eigenvalue weighted by Crippen LogP contribution is 2.36. The van der Waals surface area contributed by atoms with Gasteiger partial charge in [-0.05, 0) is 25.2 Å². The molecule has 1 heterocycles. The normalized spacial score (nSPS) is 39.8. The Balaban J connectivity index is 2.03. The first-order chi connectivity index (χ1) is 4.86. The molecule has 0 aromatic carbocycles. The van der Waals surface area contributed by atoms with Gasteiger partial charge in [0.15, 0.2) is 0 Å². The van der Waals surface area contributed by atoms with Crippen molar-refractivity contribution in [2.24, 2.45) is 5.92 Å². The Morgan fingerprint density at radius 3 is 3.20 bits per heavy atom. The number of fused-ring (bicyclic) bond motifs is 1. The molecule has 2 unspecified atom stereocenters. The van der Waals surface area contributed by atoms with Crippen LogP contribution in [-0.2, 0) is 4.74 Å². The van der Waals surface area contributed by atoms with Crippen LogP contribution in [0.15, 0.2) is 12.2 Å². The summed E-state index contributed by atoms with van der Waals surface area (Å²) >= 11 is 0. The standard InChI is InChI=1S/C9H14O/c1-7-5-8-3-2-4-9(8)10-6-7/h8-9H,1-6H2. The number of hydrogen-bond donors (Lipinski definition) is 0. The second-order valence-electron chi connectivity index (χ2n) is 3.49. The lowest BCUT2D eigenvalue weighted by Gasteiger charge is -2.26. The van der Waals surface area contributed by atoms with E-state index in [-0.39, 0.29) is 0 Å². The van der Waals surface area contributed by atoms with Gasteiger partial charge in [0.1, 0.15) is 0 Å². The lowest BCUT2D eigenvalue weighted by atomic mass is 9.95. The molecule has 1 nitrogen and oxygen atoms in total. The molecule has 2 rings (SSSR count). The number of rotatable bonds is 0. The van der Waals surface area contributed by atoms with E-state index < -0.39 is 0 Å². The van der Waals surface area contributed by atoms with Crippen molar-refractivity contribution in [3.8, 4) is 0 Å². The van der Waals surface area contributed by atoms with E-state index >= 15 is 0 Å². The fourth-order valence-electron chi connectivity index (χ4n) is 2.11. The molecule has 1 aliphatic heterocycles. The Bertz CT molecular complexity index is 151. The molecule has 10 heavy (non-hydrogen) atoms. The minimum atomic E-state index is 0.588. The van der Waals surface area contributed by atoms with Crippen LogP contribution in [-0.4, -0.2) is 12.7 Å². The summed E-state index contributed by atoms with van der Waals surface area (Å²) in [7, 11) is 0. The predicted octanol–water partition coefficient (Wildman–Crippen LogP) is 2.13. The molecule has 0 radical (unpaired) electrons. The maximum atomic E-state index is 5.61. The van der Waals surface area contributed by atoms with Crippen LogP contribution in [0.3, 0.4) is 0 Å². The second kappa shape index (κ2) is 2.39. The van der Waals surface area contributed by atoms with Crippen molar-refractivity contribution >= 4 is 0 Å². The van der Waals surface area contributed by atoms with E-state index in [0.29, 0.717) is 6.10 Å². The fourth-order valence-corrected chi connectivity index (χ4v) is 2.11. The third-order valence-corrected chi connectivity index (χ3v) is 2.64. The highest BCUT2D eigenvalue weighted by atomic mass is 16.5. The van der Waals surface area contributed by atoms with Crippen molar-refractivity contribution in [1.82, 2.24) is 0 Å². The molecule has 0 aromatic rings. The zero-order valence-electron chi connectivity index (χ0n) is 6.31. The Labute approximate surface area is 62.1 Å². The van der Waals surface area contributed by atoms with Gasteiger partial charge in [0.2, 0.25) is 0 Å². The van der Waals surface area contributed by atoms with Gasteiger partial charge >= 0.3 is 0 Å². The van der Waals surface area contributed by atoms with Crippen LogP contribution >= 0.6 is 0 Å². The molecular formula is C9H14O. The average molecular weight is 138 g/mol. The zero-order chi connectivity index (χ0) is 6.97. The summed E-state index contributed by atoms with van der Waals surface area (Å²) in [4.78, 5) is 0. The predicted molar refractivity (Wildman–Crippen MR) is 40.8 cm³/mol. The van der Waals surface area contributed by atoms with Gasteiger partial charge in [0.05, 0.1) is 12.7 Å². The Morgan fingerprint density at radius 2 is 2.30 bits per heavy atom. The van der Waals surface area contributed by atoms with Crippen molar-refractivity contribution in [2.75, 3.05) is 6.61 Å². The van der Waals surface area contributed by atoms with E-state index in [0.717, 1.165) is 12.5 Å². The molecule has 56 valence electrons. The summed E-state index contributed by atoms with van der Waals surface area (Å²) < 4.78 is 5.61. The van der Waals surface area contributed by atoms with Crippen LogP contribution in [0, 0.1) is 5.92 Å². The molecule has 0 N–H and O–H groups in total. The van der Waals surface area contributed by atoms with Gasteiger partial charge in [0, 0.05) is 0 Å². The summed E-state index contributed by atoms with van der Waals surface area (Å²) in [6, 6.07) is 0. The van der Waals surface area contributed by atoms with Crippen LogP contribution in [0.1, 0.15) is 25.7 Å². The SMILES string of the molecule is C=C1COC2CCCC2C1. The topological polar surface area (TPSA) is 9.23 Å². The molecule has 2 atom stereocenters. The molecule has 1 saturated carbocycles. The van der Waals surface area contributed by atoms with Crippen LogP contribution in [0.5, 0.6) is 0 Å². The summed E-state index contributed by atoms with van der Waals surface area (Å²) in [5.74, 6) is 0.821. The highest BCUT2D eigenvalue weighted by Gasteiger charge is 2.31. The summed E-state index contributed by atoms with van der Waals surface area (Å²) in [5, 5.41) is 0. The zero-order valence-corrected chi connectivity index (χ0v) is 6.31. The van der Waals surface area contributed by atoms with Gasteiger partial charge in [-0.2, -0.15) is 0 Å². The van der Waals surface area contributed by atoms with Gasteiger partial charge in [0.25, 0.3) is 0 Å². The number of hydrogen-bond acceptors (Lipinski definition) is 1. The van der Waals surface area contributed by atoms with Crippen molar-refractivity contribution in [3.05, 3.63) is 12.2 Å². The van der Waals surface area contributed by atoms with Gasteiger partial charge in [-0.1, -0.05) is 18.6 Å². The average Bonchev–Trinajstić information content (AvgIpc) is 2.33. The molecule has 1 saturated heterocycles. The van der Waals surface area contributed by atoms with E-state index in [4.69, 9.17) is 4.74 Å². The molecule has 2 fully saturated rings. The van der Waals surface area contributed by atoms with E-state index in [2.05, 4.69) is 6.58 Å². The molecule has 0 bridgehead atoms. The van der Waals surface area contributed by atoms with E-state index in [1.807, 2.05) is 0 Å². The maximum Gasteiger partial charge on any atom is 0.0678 e. The first kappa shape index (κ1) is 6.41. The van der Waals surface area contributed by atoms with E-state index in [1.165, 1.54) is 31.3 Å². The monoisotopic (exact) mass is 138 g/mol. The smallest absolute Gasteiger partial charge is 0.0678 e. The van der Waals surface area contributed by atoms with Gasteiger partial charge in [-0.15, -0.1) is 0 Å². The quantitative estimate of drug-likeness (QED) is 0.466. The molecule has 0 spiro atoms. The molecule has 0 amide bonds. The first-order valence-electron chi connectivity index (χ1n) is 4.14. The Hall–Kier alpha value is -0.300. The summed E-state index contributed by atoms with van der Waals surface area (Å²) in [5.41, 5.74) is 1.29. The highest BCUT2D eigenvalue weighted by molar-refractivity contribution is 5.02. The summed E-state index contributed by atoms with van der Waals surface area (Å²) in [6.07, 6.45) is 5.83. The van der Waals surface area contributed by atoms with Gasteiger partial charge in [-0.25, -0.2) is 0 Å². The lowest BCUT2D eigenvalue weighted by molar-refractivity contribution is 0.0180. The maximum absolute atomic E-state index is 5.61. The van der Waals surface area contributed by atoms with Gasteiger partial charge in [-0.3, -0.25) is 0 Å². The van der Waals surface area contributed by atoms with Crippen molar-refractivity contribution in [2.45, 2.75) is 31.8 Å². The molecule has 2 aliphatic rings. The van der Waals surface area contributed by atoms with Crippen LogP contribution in [0.4, 0.5) is 0 Å². The third-order valence-electron chi connectivity index (χ3n) is 2.64. The largest absolute Gasteiger partial charge is 0.374 e. The minimum absolute atomic E-state index is 0.588. The third kappa shape index (κ3) is 0.988. The Kier molecular flexibility index (Phi) is 1.53.